The Morgan fingerprint density at radius 2 is 1.59 bits per heavy atom. The maximum atomic E-state index is 12.7. The number of rotatable bonds is 2. The van der Waals surface area contributed by atoms with Crippen LogP contribution in [0, 0.1) is 0 Å². The van der Waals surface area contributed by atoms with E-state index in [9.17, 15) is 4.79 Å². The Hall–Kier alpha value is -1.65. The van der Waals surface area contributed by atoms with Crippen molar-refractivity contribution in [1.29, 1.82) is 0 Å². The molecule has 120 valence electrons. The van der Waals surface area contributed by atoms with Crippen molar-refractivity contribution in [1.82, 2.24) is 14.9 Å². The van der Waals surface area contributed by atoms with Gasteiger partial charge in [0.1, 0.15) is 5.69 Å². The van der Waals surface area contributed by atoms with Gasteiger partial charge in [0.15, 0.2) is 0 Å². The van der Waals surface area contributed by atoms with Gasteiger partial charge in [0.25, 0.3) is 5.91 Å². The number of carbonyl (C=O) groups excluding carboxylic acids is 1. The van der Waals surface area contributed by atoms with Crippen LogP contribution in [-0.4, -0.2) is 47.0 Å². The fourth-order valence-electron chi connectivity index (χ4n) is 3.07. The molecule has 0 spiro atoms. The zero-order chi connectivity index (χ0) is 15.7. The SMILES string of the molecule is CC(C)(C)c1cc(C(=O)N2CCCC2)nc(N2CCCC2)n1. The highest BCUT2D eigenvalue weighted by molar-refractivity contribution is 5.93. The molecular formula is C17H26N4O. The van der Waals surface area contributed by atoms with Crippen molar-refractivity contribution in [3.05, 3.63) is 17.5 Å². The normalized spacial score (nSPS) is 19.0. The van der Waals surface area contributed by atoms with E-state index in [-0.39, 0.29) is 11.3 Å². The summed E-state index contributed by atoms with van der Waals surface area (Å²) in [5.41, 5.74) is 1.42. The van der Waals surface area contributed by atoms with Crippen molar-refractivity contribution >= 4 is 11.9 Å². The molecule has 3 rings (SSSR count). The summed E-state index contributed by atoms with van der Waals surface area (Å²) in [6, 6.07) is 1.89. The van der Waals surface area contributed by atoms with E-state index in [0.29, 0.717) is 5.69 Å². The van der Waals surface area contributed by atoms with Crippen molar-refractivity contribution in [2.24, 2.45) is 0 Å². The lowest BCUT2D eigenvalue weighted by atomic mass is 9.91. The summed E-state index contributed by atoms with van der Waals surface area (Å²) in [7, 11) is 0. The molecule has 5 heteroatoms. The molecule has 2 saturated heterocycles. The van der Waals surface area contributed by atoms with Crippen molar-refractivity contribution in [2.75, 3.05) is 31.1 Å². The number of aromatic nitrogens is 2. The number of nitrogens with zero attached hydrogens (tertiary/aromatic N) is 4. The Morgan fingerprint density at radius 3 is 2.18 bits per heavy atom. The lowest BCUT2D eigenvalue weighted by Gasteiger charge is -2.23. The van der Waals surface area contributed by atoms with E-state index in [2.05, 4.69) is 30.7 Å². The van der Waals surface area contributed by atoms with Crippen LogP contribution in [0.1, 0.15) is 62.6 Å². The fourth-order valence-corrected chi connectivity index (χ4v) is 3.07. The molecule has 0 N–H and O–H groups in total. The lowest BCUT2D eigenvalue weighted by Crippen LogP contribution is -2.31. The van der Waals surface area contributed by atoms with Gasteiger partial charge < -0.3 is 9.80 Å². The van der Waals surface area contributed by atoms with E-state index in [1.807, 2.05) is 11.0 Å². The Kier molecular flexibility index (Phi) is 4.06. The number of likely N-dealkylation sites (tertiary alicyclic amines) is 1. The van der Waals surface area contributed by atoms with Crippen molar-refractivity contribution < 1.29 is 4.79 Å². The minimum absolute atomic E-state index is 0.0610. The molecule has 0 saturated carbocycles. The van der Waals surface area contributed by atoms with Crippen LogP contribution in [0.25, 0.3) is 0 Å². The molecule has 5 nitrogen and oxygen atoms in total. The third-order valence-electron chi connectivity index (χ3n) is 4.48. The van der Waals surface area contributed by atoms with Crippen LogP contribution in [0.2, 0.25) is 0 Å². The molecule has 22 heavy (non-hydrogen) atoms. The molecule has 0 unspecified atom stereocenters. The van der Waals surface area contributed by atoms with Gasteiger partial charge in [0, 0.05) is 31.6 Å². The lowest BCUT2D eigenvalue weighted by molar-refractivity contribution is 0.0786. The zero-order valence-corrected chi connectivity index (χ0v) is 13.9. The first kappa shape index (κ1) is 15.3. The Balaban J connectivity index is 1.97. The summed E-state index contributed by atoms with van der Waals surface area (Å²) < 4.78 is 0. The summed E-state index contributed by atoms with van der Waals surface area (Å²) in [4.78, 5) is 26.2. The Labute approximate surface area is 132 Å². The van der Waals surface area contributed by atoms with E-state index in [4.69, 9.17) is 4.98 Å². The monoisotopic (exact) mass is 302 g/mol. The molecule has 3 heterocycles. The smallest absolute Gasteiger partial charge is 0.272 e. The maximum Gasteiger partial charge on any atom is 0.272 e. The topological polar surface area (TPSA) is 49.3 Å². The molecule has 2 fully saturated rings. The minimum atomic E-state index is -0.0859. The highest BCUT2D eigenvalue weighted by Gasteiger charge is 2.26. The number of carbonyl (C=O) groups is 1. The van der Waals surface area contributed by atoms with Gasteiger partial charge in [0.05, 0.1) is 5.69 Å². The molecule has 0 bridgehead atoms. The van der Waals surface area contributed by atoms with Crippen molar-refractivity contribution in [3.63, 3.8) is 0 Å². The third kappa shape index (κ3) is 3.08. The second kappa shape index (κ2) is 5.86. The summed E-state index contributed by atoms with van der Waals surface area (Å²) >= 11 is 0. The largest absolute Gasteiger partial charge is 0.341 e. The molecule has 1 aromatic heterocycles. The van der Waals surface area contributed by atoms with E-state index in [1.54, 1.807) is 0 Å². The van der Waals surface area contributed by atoms with E-state index < -0.39 is 0 Å². The first-order valence-corrected chi connectivity index (χ1v) is 8.39. The summed E-state index contributed by atoms with van der Waals surface area (Å²) in [5, 5.41) is 0. The first-order valence-electron chi connectivity index (χ1n) is 8.39. The second-order valence-electron chi connectivity index (χ2n) is 7.38. The molecule has 1 amide bonds. The van der Waals surface area contributed by atoms with Gasteiger partial charge in [-0.2, -0.15) is 0 Å². The van der Waals surface area contributed by atoms with Crippen LogP contribution in [-0.2, 0) is 5.41 Å². The van der Waals surface area contributed by atoms with Gasteiger partial charge in [-0.1, -0.05) is 20.8 Å². The van der Waals surface area contributed by atoms with Crippen LogP contribution in [0.5, 0.6) is 0 Å². The molecule has 0 aromatic carbocycles. The van der Waals surface area contributed by atoms with Gasteiger partial charge >= 0.3 is 0 Å². The Morgan fingerprint density at radius 1 is 1.00 bits per heavy atom. The maximum absolute atomic E-state index is 12.7. The summed E-state index contributed by atoms with van der Waals surface area (Å²) in [6.45, 7) is 10.1. The molecule has 2 aliphatic rings. The fraction of sp³-hybridized carbons (Fsp3) is 0.706. The van der Waals surface area contributed by atoms with E-state index in [0.717, 1.165) is 50.7 Å². The predicted molar refractivity (Wildman–Crippen MR) is 87.3 cm³/mol. The number of hydrogen-bond donors (Lipinski definition) is 0. The van der Waals surface area contributed by atoms with Crippen LogP contribution in [0.15, 0.2) is 6.07 Å². The molecule has 1 aromatic rings. The quantitative estimate of drug-likeness (QED) is 0.842. The van der Waals surface area contributed by atoms with Gasteiger partial charge in [-0.15, -0.1) is 0 Å². The van der Waals surface area contributed by atoms with E-state index in [1.165, 1.54) is 12.8 Å². The van der Waals surface area contributed by atoms with E-state index >= 15 is 0 Å². The first-order chi connectivity index (χ1) is 10.4. The van der Waals surface area contributed by atoms with Gasteiger partial charge in [0.2, 0.25) is 5.95 Å². The highest BCUT2D eigenvalue weighted by Crippen LogP contribution is 2.25. The van der Waals surface area contributed by atoms with Gasteiger partial charge in [-0.25, -0.2) is 9.97 Å². The standard InChI is InChI=1S/C17H26N4O/c1-17(2,3)14-12-13(15(22)20-8-4-5-9-20)18-16(19-14)21-10-6-7-11-21/h12H,4-11H2,1-3H3. The molecule has 0 atom stereocenters. The van der Waals surface area contributed by atoms with Crippen LogP contribution >= 0.6 is 0 Å². The second-order valence-corrected chi connectivity index (χ2v) is 7.38. The average molecular weight is 302 g/mol. The third-order valence-corrected chi connectivity index (χ3v) is 4.48. The number of amides is 1. The predicted octanol–water partition coefficient (Wildman–Crippen LogP) is 2.61. The summed E-state index contributed by atoms with van der Waals surface area (Å²) in [6.07, 6.45) is 4.56. The summed E-state index contributed by atoms with van der Waals surface area (Å²) in [5.74, 6) is 0.790. The van der Waals surface area contributed by atoms with Gasteiger partial charge in [-0.3, -0.25) is 4.79 Å². The molecule has 0 radical (unpaired) electrons. The number of anilines is 1. The zero-order valence-electron chi connectivity index (χ0n) is 13.9. The average Bonchev–Trinajstić information content (AvgIpc) is 3.18. The Bertz CT molecular complexity index is 552. The number of hydrogen-bond acceptors (Lipinski definition) is 4. The highest BCUT2D eigenvalue weighted by atomic mass is 16.2. The van der Waals surface area contributed by atoms with Gasteiger partial charge in [-0.05, 0) is 31.7 Å². The van der Waals surface area contributed by atoms with Crippen LogP contribution < -0.4 is 4.90 Å². The molecule has 2 aliphatic heterocycles. The van der Waals surface area contributed by atoms with Crippen LogP contribution in [0.3, 0.4) is 0 Å². The van der Waals surface area contributed by atoms with Crippen molar-refractivity contribution in [2.45, 2.75) is 51.9 Å². The molecule has 0 aliphatic carbocycles. The van der Waals surface area contributed by atoms with Crippen molar-refractivity contribution in [3.8, 4) is 0 Å². The molecular weight excluding hydrogens is 276 g/mol. The minimum Gasteiger partial charge on any atom is -0.341 e. The van der Waals surface area contributed by atoms with Crippen LogP contribution in [0.4, 0.5) is 5.95 Å².